The van der Waals surface area contributed by atoms with Crippen molar-refractivity contribution in [2.75, 3.05) is 5.32 Å². The summed E-state index contributed by atoms with van der Waals surface area (Å²) in [5.41, 5.74) is 1.02. The van der Waals surface area contributed by atoms with E-state index >= 15 is 0 Å². The van der Waals surface area contributed by atoms with Gasteiger partial charge in [0.1, 0.15) is 10.8 Å². The summed E-state index contributed by atoms with van der Waals surface area (Å²) in [7, 11) is 0. The summed E-state index contributed by atoms with van der Waals surface area (Å²) in [6.07, 6.45) is 5.93. The summed E-state index contributed by atoms with van der Waals surface area (Å²) >= 11 is 1.36. The van der Waals surface area contributed by atoms with E-state index < -0.39 is 0 Å². The monoisotopic (exact) mass is 383 g/mol. The SMILES string of the molecule is CCc1nnc(NC(=O)c2ccc3c(=O)n4c(nc3c2)CCCCCC4)s1. The number of hydrogen-bond donors (Lipinski definition) is 1. The van der Waals surface area contributed by atoms with E-state index in [9.17, 15) is 9.59 Å². The number of anilines is 1. The second-order valence-electron chi connectivity index (χ2n) is 6.69. The number of hydrogen-bond acceptors (Lipinski definition) is 6. The minimum Gasteiger partial charge on any atom is -0.296 e. The molecule has 1 aliphatic heterocycles. The quantitative estimate of drug-likeness (QED) is 0.750. The molecular weight excluding hydrogens is 362 g/mol. The maximum Gasteiger partial charge on any atom is 0.261 e. The molecule has 0 atom stereocenters. The lowest BCUT2D eigenvalue weighted by molar-refractivity contribution is 0.102. The van der Waals surface area contributed by atoms with Crippen molar-refractivity contribution in [3.63, 3.8) is 0 Å². The lowest BCUT2D eigenvalue weighted by atomic mass is 10.1. The van der Waals surface area contributed by atoms with Gasteiger partial charge in [-0.3, -0.25) is 19.5 Å². The highest BCUT2D eigenvalue weighted by Gasteiger charge is 2.15. The minimum atomic E-state index is -0.274. The standard InChI is InChI=1S/C19H21N5O2S/c1-2-16-22-23-19(27-16)21-17(25)12-8-9-13-14(11-12)20-15-7-5-3-4-6-10-24(15)18(13)26/h8-9,11H,2-7,10H2,1H3,(H,21,23,25). The van der Waals surface area contributed by atoms with E-state index in [0.717, 1.165) is 55.9 Å². The molecule has 0 aliphatic carbocycles. The van der Waals surface area contributed by atoms with Gasteiger partial charge >= 0.3 is 0 Å². The Labute approximate surface area is 160 Å². The normalized spacial score (nSPS) is 14.4. The predicted octanol–water partition coefficient (Wildman–Crippen LogP) is 3.18. The van der Waals surface area contributed by atoms with Gasteiger partial charge < -0.3 is 0 Å². The number of rotatable bonds is 3. The van der Waals surface area contributed by atoms with E-state index in [0.29, 0.717) is 21.6 Å². The van der Waals surface area contributed by atoms with Crippen molar-refractivity contribution in [2.24, 2.45) is 0 Å². The van der Waals surface area contributed by atoms with Crippen LogP contribution in [-0.2, 0) is 19.4 Å². The summed E-state index contributed by atoms with van der Waals surface area (Å²) in [6, 6.07) is 5.05. The second kappa shape index (κ2) is 7.56. The minimum absolute atomic E-state index is 0.0134. The fourth-order valence-corrected chi connectivity index (χ4v) is 4.03. The van der Waals surface area contributed by atoms with Gasteiger partial charge in [-0.25, -0.2) is 4.98 Å². The van der Waals surface area contributed by atoms with Crippen molar-refractivity contribution in [3.05, 3.63) is 44.9 Å². The van der Waals surface area contributed by atoms with Gasteiger partial charge in [-0.1, -0.05) is 31.1 Å². The third-order valence-corrected chi connectivity index (χ3v) is 5.80. The third-order valence-electron chi connectivity index (χ3n) is 4.82. The predicted molar refractivity (Wildman–Crippen MR) is 105 cm³/mol. The maximum atomic E-state index is 12.9. The molecule has 140 valence electrons. The zero-order valence-corrected chi connectivity index (χ0v) is 16.0. The van der Waals surface area contributed by atoms with Crippen LogP contribution < -0.4 is 10.9 Å². The van der Waals surface area contributed by atoms with Crippen molar-refractivity contribution in [1.29, 1.82) is 0 Å². The van der Waals surface area contributed by atoms with Crippen molar-refractivity contribution >= 4 is 33.3 Å². The molecule has 0 bridgehead atoms. The van der Waals surface area contributed by atoms with E-state index in [1.165, 1.54) is 11.3 Å². The Bertz CT molecular complexity index is 1060. The van der Waals surface area contributed by atoms with Crippen LogP contribution in [-0.4, -0.2) is 25.7 Å². The third kappa shape index (κ3) is 3.62. The van der Waals surface area contributed by atoms with Gasteiger partial charge in [0, 0.05) is 18.5 Å². The number of nitrogens with zero attached hydrogens (tertiary/aromatic N) is 4. The average molecular weight is 383 g/mol. The van der Waals surface area contributed by atoms with Gasteiger partial charge in [0.25, 0.3) is 11.5 Å². The molecule has 1 amide bonds. The van der Waals surface area contributed by atoms with Crippen molar-refractivity contribution in [3.8, 4) is 0 Å². The van der Waals surface area contributed by atoms with Crippen LogP contribution in [0.15, 0.2) is 23.0 Å². The first-order valence-electron chi connectivity index (χ1n) is 9.33. The van der Waals surface area contributed by atoms with Crippen LogP contribution in [0.2, 0.25) is 0 Å². The van der Waals surface area contributed by atoms with Crippen LogP contribution in [0, 0.1) is 0 Å². The van der Waals surface area contributed by atoms with Crippen molar-refractivity contribution in [1.82, 2.24) is 19.7 Å². The average Bonchev–Trinajstić information content (AvgIpc) is 3.10. The summed E-state index contributed by atoms with van der Waals surface area (Å²) < 4.78 is 1.80. The molecule has 7 nitrogen and oxygen atoms in total. The molecule has 0 radical (unpaired) electrons. The van der Waals surface area contributed by atoms with E-state index in [1.54, 1.807) is 22.8 Å². The molecule has 0 fully saturated rings. The van der Waals surface area contributed by atoms with Crippen molar-refractivity contribution in [2.45, 2.75) is 52.0 Å². The molecular formula is C19H21N5O2S. The number of aromatic nitrogens is 4. The molecule has 1 N–H and O–H groups in total. The summed E-state index contributed by atoms with van der Waals surface area (Å²) in [6.45, 7) is 2.71. The molecule has 0 spiro atoms. The summed E-state index contributed by atoms with van der Waals surface area (Å²) in [5, 5.41) is 12.6. The molecule has 8 heteroatoms. The molecule has 3 heterocycles. The first kappa shape index (κ1) is 17.8. The Morgan fingerprint density at radius 2 is 2.07 bits per heavy atom. The first-order valence-corrected chi connectivity index (χ1v) is 10.1. The van der Waals surface area contributed by atoms with E-state index in [2.05, 4.69) is 15.5 Å². The number of aryl methyl sites for hydroxylation is 2. The van der Waals surface area contributed by atoms with Gasteiger partial charge in [-0.2, -0.15) is 0 Å². The molecule has 0 saturated carbocycles. The molecule has 0 saturated heterocycles. The van der Waals surface area contributed by atoms with Gasteiger partial charge in [0.05, 0.1) is 10.9 Å². The fraction of sp³-hybridized carbons (Fsp3) is 0.421. The molecule has 0 unspecified atom stereocenters. The van der Waals surface area contributed by atoms with Crippen LogP contribution >= 0.6 is 11.3 Å². The molecule has 2 aromatic heterocycles. The number of carbonyl (C=O) groups excluding carboxylic acids is 1. The first-order chi connectivity index (χ1) is 13.2. The van der Waals surface area contributed by atoms with Crippen molar-refractivity contribution < 1.29 is 4.79 Å². The van der Waals surface area contributed by atoms with Crippen LogP contribution in [0.5, 0.6) is 0 Å². The van der Waals surface area contributed by atoms with E-state index in [1.807, 2.05) is 6.92 Å². The Balaban J connectivity index is 1.67. The second-order valence-corrected chi connectivity index (χ2v) is 7.75. The summed E-state index contributed by atoms with van der Waals surface area (Å²) in [4.78, 5) is 30.1. The highest BCUT2D eigenvalue weighted by molar-refractivity contribution is 7.15. The number of nitrogens with one attached hydrogen (secondary N) is 1. The van der Waals surface area contributed by atoms with Gasteiger partial charge in [-0.15, -0.1) is 10.2 Å². The molecule has 4 rings (SSSR count). The van der Waals surface area contributed by atoms with E-state index in [-0.39, 0.29) is 11.5 Å². The Morgan fingerprint density at radius 1 is 1.22 bits per heavy atom. The molecule has 1 aromatic carbocycles. The van der Waals surface area contributed by atoms with Crippen LogP contribution in [0.1, 0.15) is 53.8 Å². The number of benzene rings is 1. The van der Waals surface area contributed by atoms with Crippen LogP contribution in [0.4, 0.5) is 5.13 Å². The molecule has 27 heavy (non-hydrogen) atoms. The highest BCUT2D eigenvalue weighted by Crippen LogP contribution is 2.19. The zero-order valence-electron chi connectivity index (χ0n) is 15.2. The van der Waals surface area contributed by atoms with Gasteiger partial charge in [0.15, 0.2) is 0 Å². The number of carbonyl (C=O) groups is 1. The fourth-order valence-electron chi connectivity index (χ4n) is 3.35. The molecule has 3 aromatic rings. The zero-order chi connectivity index (χ0) is 18.8. The highest BCUT2D eigenvalue weighted by atomic mass is 32.1. The summed E-state index contributed by atoms with van der Waals surface area (Å²) in [5.74, 6) is 0.547. The lowest BCUT2D eigenvalue weighted by Crippen LogP contribution is -2.26. The Morgan fingerprint density at radius 3 is 2.89 bits per heavy atom. The van der Waals surface area contributed by atoms with Crippen LogP contribution in [0.3, 0.4) is 0 Å². The Kier molecular flexibility index (Phi) is 4.98. The number of amides is 1. The van der Waals surface area contributed by atoms with E-state index in [4.69, 9.17) is 4.98 Å². The number of fused-ring (bicyclic) bond motifs is 2. The largest absolute Gasteiger partial charge is 0.296 e. The Hall–Kier alpha value is -2.61. The maximum absolute atomic E-state index is 12.9. The van der Waals surface area contributed by atoms with Crippen LogP contribution in [0.25, 0.3) is 10.9 Å². The molecule has 1 aliphatic rings. The topological polar surface area (TPSA) is 89.8 Å². The smallest absolute Gasteiger partial charge is 0.261 e. The van der Waals surface area contributed by atoms with Gasteiger partial charge in [-0.05, 0) is 37.5 Å². The van der Waals surface area contributed by atoms with Gasteiger partial charge in [0.2, 0.25) is 5.13 Å². The lowest BCUT2D eigenvalue weighted by Gasteiger charge is -2.16.